The first-order valence-corrected chi connectivity index (χ1v) is 7.99. The summed E-state index contributed by atoms with van der Waals surface area (Å²) in [5, 5.41) is 0. The van der Waals surface area contributed by atoms with Gasteiger partial charge < -0.3 is 0 Å². The van der Waals surface area contributed by atoms with Crippen LogP contribution in [0.4, 0.5) is 0 Å². The fourth-order valence-electron chi connectivity index (χ4n) is 1.63. The summed E-state index contributed by atoms with van der Waals surface area (Å²) >= 11 is 5.47. The van der Waals surface area contributed by atoms with Crippen LogP contribution in [-0.2, 0) is 0 Å². The van der Waals surface area contributed by atoms with Gasteiger partial charge in [0.05, 0.1) is 0 Å². The van der Waals surface area contributed by atoms with E-state index in [4.69, 9.17) is 0 Å². The molecule has 90 valence electrons. The van der Waals surface area contributed by atoms with Crippen molar-refractivity contribution in [1.82, 2.24) is 0 Å². The van der Waals surface area contributed by atoms with Gasteiger partial charge in [-0.15, -0.1) is 11.8 Å². The van der Waals surface area contributed by atoms with Gasteiger partial charge in [-0.1, -0.05) is 61.0 Å². The normalized spacial score (nSPS) is 10.6. The maximum atomic E-state index is 3.50. The smallest absolute Gasteiger partial charge is 0.0186 e. The minimum Gasteiger partial charge on any atom is -0.126 e. The maximum absolute atomic E-state index is 3.50. The molecule has 0 atom stereocenters. The Morgan fingerprint density at radius 1 is 1.06 bits per heavy atom. The summed E-state index contributed by atoms with van der Waals surface area (Å²) in [7, 11) is 0. The van der Waals surface area contributed by atoms with Crippen molar-refractivity contribution in [3.8, 4) is 0 Å². The Morgan fingerprint density at radius 2 is 1.81 bits per heavy atom. The van der Waals surface area contributed by atoms with E-state index in [1.54, 1.807) is 0 Å². The molecule has 0 nitrogen and oxygen atoms in total. The zero-order valence-corrected chi connectivity index (χ0v) is 12.4. The summed E-state index contributed by atoms with van der Waals surface area (Å²) < 4.78 is 1.18. The van der Waals surface area contributed by atoms with Crippen LogP contribution in [0.1, 0.15) is 45.4 Å². The van der Waals surface area contributed by atoms with E-state index in [0.29, 0.717) is 0 Å². The van der Waals surface area contributed by atoms with Crippen molar-refractivity contribution in [3.05, 3.63) is 28.7 Å². The van der Waals surface area contributed by atoms with Crippen LogP contribution in [0.2, 0.25) is 0 Å². The minimum atomic E-state index is 1.18. The third-order valence-electron chi connectivity index (χ3n) is 2.56. The Kier molecular flexibility index (Phi) is 8.04. The lowest BCUT2D eigenvalue weighted by Gasteiger charge is -2.02. The average molecular weight is 301 g/mol. The average Bonchev–Trinajstić information content (AvgIpc) is 2.28. The van der Waals surface area contributed by atoms with Crippen LogP contribution in [-0.4, -0.2) is 5.75 Å². The zero-order chi connectivity index (χ0) is 11.6. The van der Waals surface area contributed by atoms with E-state index in [1.807, 2.05) is 11.8 Å². The Balaban J connectivity index is 2.03. The molecule has 0 spiro atoms. The number of halogens is 1. The molecule has 0 N–H and O–H groups in total. The van der Waals surface area contributed by atoms with Gasteiger partial charge in [-0.05, 0) is 30.4 Å². The van der Waals surface area contributed by atoms with Crippen LogP contribution < -0.4 is 0 Å². The highest BCUT2D eigenvalue weighted by Crippen LogP contribution is 2.23. The standard InChI is InChI=1S/C14H21BrS/c1-2-3-4-5-6-7-11-16-14-10-8-9-13(15)12-14/h8-10,12H,2-7,11H2,1H3. The Hall–Kier alpha value is 0.0500. The molecule has 0 radical (unpaired) electrons. The first-order valence-electron chi connectivity index (χ1n) is 6.21. The molecule has 0 unspecified atom stereocenters. The largest absolute Gasteiger partial charge is 0.126 e. The molecule has 1 aromatic carbocycles. The van der Waals surface area contributed by atoms with Gasteiger partial charge in [-0.3, -0.25) is 0 Å². The van der Waals surface area contributed by atoms with Gasteiger partial charge in [-0.25, -0.2) is 0 Å². The van der Waals surface area contributed by atoms with Crippen LogP contribution in [0.25, 0.3) is 0 Å². The first kappa shape index (κ1) is 14.1. The maximum Gasteiger partial charge on any atom is 0.0186 e. The number of thioether (sulfide) groups is 1. The van der Waals surface area contributed by atoms with Crippen molar-refractivity contribution < 1.29 is 0 Å². The SMILES string of the molecule is CCCCCCCCSc1cccc(Br)c1. The van der Waals surface area contributed by atoms with Crippen LogP contribution in [0.15, 0.2) is 33.6 Å². The van der Waals surface area contributed by atoms with Gasteiger partial charge in [0, 0.05) is 9.37 Å². The predicted octanol–water partition coefficient (Wildman–Crippen LogP) is 5.90. The summed E-state index contributed by atoms with van der Waals surface area (Å²) in [4.78, 5) is 1.38. The monoisotopic (exact) mass is 300 g/mol. The molecule has 0 saturated carbocycles. The van der Waals surface area contributed by atoms with E-state index in [0.717, 1.165) is 0 Å². The number of benzene rings is 1. The van der Waals surface area contributed by atoms with Crippen LogP contribution in [0, 0.1) is 0 Å². The number of hydrogen-bond donors (Lipinski definition) is 0. The van der Waals surface area contributed by atoms with E-state index in [2.05, 4.69) is 47.1 Å². The van der Waals surface area contributed by atoms with Crippen molar-refractivity contribution in [2.24, 2.45) is 0 Å². The van der Waals surface area contributed by atoms with Gasteiger partial charge >= 0.3 is 0 Å². The zero-order valence-electron chi connectivity index (χ0n) is 10.0. The Labute approximate surface area is 112 Å². The van der Waals surface area contributed by atoms with E-state index >= 15 is 0 Å². The van der Waals surface area contributed by atoms with Crippen molar-refractivity contribution in [1.29, 1.82) is 0 Å². The molecule has 0 aliphatic carbocycles. The summed E-state index contributed by atoms with van der Waals surface area (Å²) in [5.74, 6) is 1.25. The highest BCUT2D eigenvalue weighted by atomic mass is 79.9. The van der Waals surface area contributed by atoms with E-state index in [9.17, 15) is 0 Å². The van der Waals surface area contributed by atoms with Crippen molar-refractivity contribution in [3.63, 3.8) is 0 Å². The lowest BCUT2D eigenvalue weighted by atomic mass is 10.1. The molecule has 0 aliphatic heterocycles. The van der Waals surface area contributed by atoms with Crippen molar-refractivity contribution in [2.45, 2.75) is 50.3 Å². The molecule has 16 heavy (non-hydrogen) atoms. The Bertz CT molecular complexity index is 286. The Morgan fingerprint density at radius 3 is 2.56 bits per heavy atom. The van der Waals surface area contributed by atoms with Gasteiger partial charge in [0.1, 0.15) is 0 Å². The molecule has 0 bridgehead atoms. The molecule has 2 heteroatoms. The van der Waals surface area contributed by atoms with Gasteiger partial charge in [-0.2, -0.15) is 0 Å². The molecule has 0 heterocycles. The van der Waals surface area contributed by atoms with E-state index in [1.165, 1.54) is 53.6 Å². The van der Waals surface area contributed by atoms with Gasteiger partial charge in [0.2, 0.25) is 0 Å². The second-order valence-electron chi connectivity index (χ2n) is 4.07. The minimum absolute atomic E-state index is 1.18. The second-order valence-corrected chi connectivity index (χ2v) is 6.16. The van der Waals surface area contributed by atoms with Crippen LogP contribution in [0.5, 0.6) is 0 Å². The van der Waals surface area contributed by atoms with Crippen LogP contribution >= 0.6 is 27.7 Å². The van der Waals surface area contributed by atoms with E-state index in [-0.39, 0.29) is 0 Å². The fourth-order valence-corrected chi connectivity index (χ4v) is 3.15. The highest BCUT2D eigenvalue weighted by Gasteiger charge is 1.95. The van der Waals surface area contributed by atoms with Gasteiger partial charge in [0.15, 0.2) is 0 Å². The lowest BCUT2D eigenvalue weighted by molar-refractivity contribution is 0.627. The van der Waals surface area contributed by atoms with Crippen molar-refractivity contribution >= 4 is 27.7 Å². The van der Waals surface area contributed by atoms with Crippen molar-refractivity contribution in [2.75, 3.05) is 5.75 Å². The molecule has 1 aromatic rings. The lowest BCUT2D eigenvalue weighted by Crippen LogP contribution is -1.82. The summed E-state index contributed by atoms with van der Waals surface area (Å²) in [6.07, 6.45) is 8.30. The molecule has 0 aliphatic rings. The molecule has 0 aromatic heterocycles. The summed E-state index contributed by atoms with van der Waals surface area (Å²) in [6, 6.07) is 8.57. The highest BCUT2D eigenvalue weighted by molar-refractivity contribution is 9.10. The fraction of sp³-hybridized carbons (Fsp3) is 0.571. The summed E-state index contributed by atoms with van der Waals surface area (Å²) in [5.41, 5.74) is 0. The third kappa shape index (κ3) is 6.59. The third-order valence-corrected chi connectivity index (χ3v) is 4.14. The quantitative estimate of drug-likeness (QED) is 0.425. The second kappa shape index (κ2) is 9.12. The summed E-state index contributed by atoms with van der Waals surface area (Å²) in [6.45, 7) is 2.27. The molecule has 1 rings (SSSR count). The first-order chi connectivity index (χ1) is 7.83. The number of unbranched alkanes of at least 4 members (excludes halogenated alkanes) is 5. The molecular formula is C14H21BrS. The van der Waals surface area contributed by atoms with Gasteiger partial charge in [0.25, 0.3) is 0 Å². The topological polar surface area (TPSA) is 0 Å². The molecule has 0 fully saturated rings. The number of hydrogen-bond acceptors (Lipinski definition) is 1. The van der Waals surface area contributed by atoms with E-state index < -0.39 is 0 Å². The molecular weight excluding hydrogens is 280 g/mol. The molecule has 0 amide bonds. The number of rotatable bonds is 8. The predicted molar refractivity (Wildman–Crippen MR) is 78.2 cm³/mol. The van der Waals surface area contributed by atoms with Crippen LogP contribution in [0.3, 0.4) is 0 Å². The molecule has 0 saturated heterocycles.